The predicted octanol–water partition coefficient (Wildman–Crippen LogP) is 6.64. The van der Waals surface area contributed by atoms with E-state index in [1.807, 2.05) is 55.4 Å². The lowest BCUT2D eigenvalue weighted by Gasteiger charge is -2.19. The van der Waals surface area contributed by atoms with E-state index >= 15 is 0 Å². The predicted molar refractivity (Wildman–Crippen MR) is 125 cm³/mol. The van der Waals surface area contributed by atoms with Crippen LogP contribution in [0.3, 0.4) is 0 Å². The zero-order chi connectivity index (χ0) is 21.1. The maximum absolute atomic E-state index is 5.93. The third-order valence-corrected chi connectivity index (χ3v) is 5.23. The van der Waals surface area contributed by atoms with Crippen LogP contribution in [0.4, 0.5) is 11.6 Å². The lowest BCUT2D eigenvalue weighted by Crippen LogP contribution is -2.10. The zero-order valence-corrected chi connectivity index (χ0v) is 18.1. The van der Waals surface area contributed by atoms with Crippen LogP contribution < -0.4 is 15.0 Å². The van der Waals surface area contributed by atoms with Crippen LogP contribution in [0.2, 0.25) is 5.02 Å². The summed E-state index contributed by atoms with van der Waals surface area (Å²) in [6.45, 7) is 2.17. The minimum absolute atomic E-state index is 0.194. The molecule has 0 radical (unpaired) electrons. The standard InChI is InChI=1S/C24H25ClN4O/c1-4-21(26-18-9-14-22-23(15-18)28-24(27-22)29(2)3)16-5-10-19(11-6-16)30-20-12-7-17(25)8-13-20/h5-15,21,26H,4H2,1-3H3,(H,27,28). The van der Waals surface area contributed by atoms with Gasteiger partial charge in [-0.1, -0.05) is 30.7 Å². The molecule has 4 aromatic rings. The normalized spacial score (nSPS) is 12.0. The Balaban J connectivity index is 1.48. The van der Waals surface area contributed by atoms with Gasteiger partial charge < -0.3 is 19.9 Å². The SMILES string of the molecule is CCC(Nc1ccc2[nH]c(N(C)C)nc2c1)c1ccc(Oc2ccc(Cl)cc2)cc1. The van der Waals surface area contributed by atoms with Gasteiger partial charge in [-0.25, -0.2) is 4.98 Å². The molecule has 0 fully saturated rings. The van der Waals surface area contributed by atoms with Crippen LogP contribution in [0, 0.1) is 0 Å². The molecule has 0 bridgehead atoms. The summed E-state index contributed by atoms with van der Waals surface area (Å²) in [5.41, 5.74) is 4.23. The molecule has 0 aliphatic heterocycles. The monoisotopic (exact) mass is 420 g/mol. The summed E-state index contributed by atoms with van der Waals surface area (Å²) in [5, 5.41) is 4.32. The van der Waals surface area contributed by atoms with E-state index in [-0.39, 0.29) is 6.04 Å². The van der Waals surface area contributed by atoms with E-state index in [2.05, 4.69) is 52.5 Å². The fourth-order valence-corrected chi connectivity index (χ4v) is 3.45. The third kappa shape index (κ3) is 4.52. The first-order valence-corrected chi connectivity index (χ1v) is 10.4. The van der Waals surface area contributed by atoms with Crippen molar-refractivity contribution in [2.45, 2.75) is 19.4 Å². The molecular formula is C24H25ClN4O. The van der Waals surface area contributed by atoms with Gasteiger partial charge in [0.15, 0.2) is 0 Å². The first kappa shape index (κ1) is 20.1. The number of aromatic nitrogens is 2. The maximum Gasteiger partial charge on any atom is 0.203 e. The molecule has 2 N–H and O–H groups in total. The second-order valence-corrected chi connectivity index (χ2v) is 7.85. The van der Waals surface area contributed by atoms with Crippen molar-refractivity contribution in [1.29, 1.82) is 0 Å². The molecule has 6 heteroatoms. The molecular weight excluding hydrogens is 396 g/mol. The first-order valence-electron chi connectivity index (χ1n) is 9.99. The number of imidazole rings is 1. The van der Waals surface area contributed by atoms with Gasteiger partial charge >= 0.3 is 0 Å². The molecule has 5 nitrogen and oxygen atoms in total. The van der Waals surface area contributed by atoms with Crippen molar-refractivity contribution in [3.05, 3.63) is 77.3 Å². The summed E-state index contributed by atoms with van der Waals surface area (Å²) < 4.78 is 5.90. The summed E-state index contributed by atoms with van der Waals surface area (Å²) in [6.07, 6.45) is 0.957. The highest BCUT2D eigenvalue weighted by atomic mass is 35.5. The van der Waals surface area contributed by atoms with Crippen LogP contribution in [-0.4, -0.2) is 24.1 Å². The molecule has 4 rings (SSSR count). The van der Waals surface area contributed by atoms with E-state index in [1.165, 1.54) is 5.56 Å². The van der Waals surface area contributed by atoms with Gasteiger partial charge in [-0.2, -0.15) is 0 Å². The van der Waals surface area contributed by atoms with Crippen LogP contribution in [0.25, 0.3) is 11.0 Å². The lowest BCUT2D eigenvalue weighted by molar-refractivity contribution is 0.482. The van der Waals surface area contributed by atoms with Gasteiger partial charge in [0.25, 0.3) is 0 Å². The number of hydrogen-bond donors (Lipinski definition) is 2. The topological polar surface area (TPSA) is 53.2 Å². The Morgan fingerprint density at radius 3 is 2.30 bits per heavy atom. The van der Waals surface area contributed by atoms with E-state index in [1.54, 1.807) is 0 Å². The van der Waals surface area contributed by atoms with E-state index in [4.69, 9.17) is 16.3 Å². The maximum atomic E-state index is 5.93. The number of benzene rings is 3. The number of nitrogens with one attached hydrogen (secondary N) is 2. The number of nitrogens with zero attached hydrogens (tertiary/aromatic N) is 2. The third-order valence-electron chi connectivity index (χ3n) is 4.98. The Bertz CT molecular complexity index is 1120. The Labute approximate surface area is 181 Å². The van der Waals surface area contributed by atoms with Gasteiger partial charge in [0.05, 0.1) is 17.1 Å². The number of halogens is 1. The smallest absolute Gasteiger partial charge is 0.203 e. The fourth-order valence-electron chi connectivity index (χ4n) is 3.32. The highest BCUT2D eigenvalue weighted by Gasteiger charge is 2.11. The van der Waals surface area contributed by atoms with Gasteiger partial charge in [0.1, 0.15) is 11.5 Å². The van der Waals surface area contributed by atoms with Crippen LogP contribution in [0.5, 0.6) is 11.5 Å². The van der Waals surface area contributed by atoms with Gasteiger partial charge in [-0.3, -0.25) is 0 Å². The van der Waals surface area contributed by atoms with Crippen LogP contribution in [-0.2, 0) is 0 Å². The van der Waals surface area contributed by atoms with Gasteiger partial charge in [-0.05, 0) is 66.6 Å². The Morgan fingerprint density at radius 1 is 1.00 bits per heavy atom. The Hall–Kier alpha value is -3.18. The molecule has 1 atom stereocenters. The molecule has 0 saturated carbocycles. The number of aromatic amines is 1. The van der Waals surface area contributed by atoms with Crippen molar-refractivity contribution in [2.24, 2.45) is 0 Å². The molecule has 30 heavy (non-hydrogen) atoms. The van der Waals surface area contributed by atoms with Crippen molar-refractivity contribution < 1.29 is 4.74 Å². The molecule has 154 valence electrons. The molecule has 0 aliphatic carbocycles. The highest BCUT2D eigenvalue weighted by molar-refractivity contribution is 6.30. The zero-order valence-electron chi connectivity index (χ0n) is 17.3. The van der Waals surface area contributed by atoms with Crippen LogP contribution in [0.15, 0.2) is 66.7 Å². The summed E-state index contributed by atoms with van der Waals surface area (Å²) in [5.74, 6) is 2.41. The summed E-state index contributed by atoms with van der Waals surface area (Å²) in [6, 6.07) is 22.0. The molecule has 0 saturated heterocycles. The van der Waals surface area contributed by atoms with Crippen molar-refractivity contribution in [3.63, 3.8) is 0 Å². The average molecular weight is 421 g/mol. The van der Waals surface area contributed by atoms with Crippen molar-refractivity contribution in [1.82, 2.24) is 9.97 Å². The second-order valence-electron chi connectivity index (χ2n) is 7.42. The summed E-state index contributed by atoms with van der Waals surface area (Å²) >= 11 is 5.93. The van der Waals surface area contributed by atoms with Crippen LogP contribution in [0.1, 0.15) is 24.9 Å². The molecule has 0 amide bonds. The second kappa shape index (κ2) is 8.67. The van der Waals surface area contributed by atoms with E-state index < -0.39 is 0 Å². The fraction of sp³-hybridized carbons (Fsp3) is 0.208. The van der Waals surface area contributed by atoms with E-state index in [0.29, 0.717) is 5.02 Å². The van der Waals surface area contributed by atoms with Crippen LogP contribution >= 0.6 is 11.6 Å². The van der Waals surface area contributed by atoms with E-state index in [9.17, 15) is 0 Å². The quantitative estimate of drug-likeness (QED) is 0.352. The van der Waals surface area contributed by atoms with Crippen molar-refractivity contribution in [2.75, 3.05) is 24.3 Å². The minimum Gasteiger partial charge on any atom is -0.457 e. The number of H-pyrrole nitrogens is 1. The Morgan fingerprint density at radius 2 is 1.67 bits per heavy atom. The minimum atomic E-state index is 0.194. The largest absolute Gasteiger partial charge is 0.457 e. The van der Waals surface area contributed by atoms with Gasteiger partial charge in [-0.15, -0.1) is 0 Å². The number of anilines is 2. The molecule has 1 aromatic heterocycles. The summed E-state index contributed by atoms with van der Waals surface area (Å²) in [4.78, 5) is 9.93. The number of ether oxygens (including phenoxy) is 1. The van der Waals surface area contributed by atoms with Crippen molar-refractivity contribution in [3.8, 4) is 11.5 Å². The lowest BCUT2D eigenvalue weighted by atomic mass is 10.0. The molecule has 0 spiro atoms. The molecule has 1 unspecified atom stereocenters. The van der Waals surface area contributed by atoms with Gasteiger partial charge in [0.2, 0.25) is 5.95 Å². The molecule has 0 aliphatic rings. The Kier molecular flexibility index (Phi) is 5.81. The molecule has 3 aromatic carbocycles. The summed E-state index contributed by atoms with van der Waals surface area (Å²) in [7, 11) is 3.95. The van der Waals surface area contributed by atoms with Crippen molar-refractivity contribution >= 4 is 34.3 Å². The number of fused-ring (bicyclic) bond motifs is 1. The van der Waals surface area contributed by atoms with E-state index in [0.717, 1.165) is 40.6 Å². The van der Waals surface area contributed by atoms with Gasteiger partial charge in [0, 0.05) is 24.8 Å². The number of rotatable bonds is 7. The molecule has 1 heterocycles. The average Bonchev–Trinajstić information content (AvgIpc) is 3.18. The highest BCUT2D eigenvalue weighted by Crippen LogP contribution is 2.28. The number of hydrogen-bond acceptors (Lipinski definition) is 4. The first-order chi connectivity index (χ1) is 14.5.